The van der Waals surface area contributed by atoms with Crippen LogP contribution in [0.1, 0.15) is 36.5 Å². The normalized spacial score (nSPS) is 11.9. The van der Waals surface area contributed by atoms with Gasteiger partial charge in [-0.15, -0.1) is 0 Å². The van der Waals surface area contributed by atoms with Crippen molar-refractivity contribution in [1.82, 2.24) is 5.32 Å². The molecule has 2 N–H and O–H groups in total. The van der Waals surface area contributed by atoms with Crippen LogP contribution in [-0.2, 0) is 4.79 Å². The van der Waals surface area contributed by atoms with E-state index in [9.17, 15) is 9.59 Å². The van der Waals surface area contributed by atoms with Crippen molar-refractivity contribution < 1.29 is 14.7 Å². The van der Waals surface area contributed by atoms with E-state index in [4.69, 9.17) is 5.11 Å². The third-order valence-electron chi connectivity index (χ3n) is 2.62. The second-order valence-electron chi connectivity index (χ2n) is 4.13. The molecule has 1 rings (SSSR count). The van der Waals surface area contributed by atoms with E-state index in [1.54, 1.807) is 12.1 Å². The Balaban J connectivity index is 2.81. The van der Waals surface area contributed by atoms with E-state index in [1.165, 1.54) is 0 Å². The average molecular weight is 440 g/mol. The van der Waals surface area contributed by atoms with E-state index in [1.807, 2.05) is 13.0 Å². The maximum Gasteiger partial charge on any atom is 0.326 e. The number of carboxylic acid groups (broad SMARTS) is 1. The van der Waals surface area contributed by atoms with Crippen LogP contribution in [0.25, 0.3) is 0 Å². The van der Waals surface area contributed by atoms with Gasteiger partial charge in [0.15, 0.2) is 0 Å². The summed E-state index contributed by atoms with van der Waals surface area (Å²) in [5, 5.41) is 11.7. The standard InChI is InChI=1S/C13H15BrINO3/c1-2-3-4-11(13(18)19)16-12(17)9-7-8(15)5-6-10(9)14/h5-7,11H,2-4H2,1H3,(H,16,17)(H,18,19). The van der Waals surface area contributed by atoms with Crippen molar-refractivity contribution in [1.29, 1.82) is 0 Å². The third-order valence-corrected chi connectivity index (χ3v) is 3.99. The third kappa shape index (κ3) is 5.10. The van der Waals surface area contributed by atoms with Gasteiger partial charge in [0.05, 0.1) is 5.56 Å². The van der Waals surface area contributed by atoms with Crippen molar-refractivity contribution in [3.05, 3.63) is 31.8 Å². The Hall–Kier alpha value is -0.630. The van der Waals surface area contributed by atoms with Crippen LogP contribution < -0.4 is 5.32 Å². The van der Waals surface area contributed by atoms with Crippen LogP contribution in [0.15, 0.2) is 22.7 Å². The number of nitrogens with one attached hydrogen (secondary N) is 1. The molecule has 0 heterocycles. The second-order valence-corrected chi connectivity index (χ2v) is 6.23. The molecule has 6 heteroatoms. The van der Waals surface area contributed by atoms with Crippen molar-refractivity contribution in [2.24, 2.45) is 0 Å². The van der Waals surface area contributed by atoms with Gasteiger partial charge in [0.1, 0.15) is 6.04 Å². The molecule has 0 aliphatic carbocycles. The van der Waals surface area contributed by atoms with Crippen LogP contribution in [-0.4, -0.2) is 23.0 Å². The van der Waals surface area contributed by atoms with E-state index >= 15 is 0 Å². The van der Waals surface area contributed by atoms with Crippen molar-refractivity contribution in [2.75, 3.05) is 0 Å². The SMILES string of the molecule is CCCCC(NC(=O)c1cc(I)ccc1Br)C(=O)O. The van der Waals surface area contributed by atoms with Gasteiger partial charge in [-0.1, -0.05) is 19.8 Å². The fraction of sp³-hybridized carbons (Fsp3) is 0.385. The van der Waals surface area contributed by atoms with Crippen LogP contribution in [0.4, 0.5) is 0 Å². The van der Waals surface area contributed by atoms with Gasteiger partial charge in [-0.3, -0.25) is 4.79 Å². The summed E-state index contributed by atoms with van der Waals surface area (Å²) in [6.45, 7) is 1.98. The molecule has 0 aromatic heterocycles. The zero-order valence-electron chi connectivity index (χ0n) is 10.5. The molecule has 0 saturated carbocycles. The highest BCUT2D eigenvalue weighted by atomic mass is 127. The van der Waals surface area contributed by atoms with Gasteiger partial charge in [-0.25, -0.2) is 4.79 Å². The van der Waals surface area contributed by atoms with Crippen LogP contribution >= 0.6 is 38.5 Å². The van der Waals surface area contributed by atoms with Gasteiger partial charge in [0.25, 0.3) is 5.91 Å². The number of hydrogen-bond acceptors (Lipinski definition) is 2. The lowest BCUT2D eigenvalue weighted by Gasteiger charge is -2.14. The Morgan fingerprint density at radius 2 is 2.16 bits per heavy atom. The van der Waals surface area contributed by atoms with Crippen molar-refractivity contribution in [3.63, 3.8) is 0 Å². The number of carbonyl (C=O) groups excluding carboxylic acids is 1. The van der Waals surface area contributed by atoms with Crippen LogP contribution in [0.5, 0.6) is 0 Å². The first kappa shape index (κ1) is 16.4. The first-order valence-electron chi connectivity index (χ1n) is 5.94. The molecule has 0 fully saturated rings. The van der Waals surface area contributed by atoms with E-state index in [0.29, 0.717) is 16.5 Å². The largest absolute Gasteiger partial charge is 0.480 e. The zero-order chi connectivity index (χ0) is 14.4. The number of aliphatic carboxylic acids is 1. The Labute approximate surface area is 134 Å². The summed E-state index contributed by atoms with van der Waals surface area (Å²) in [6.07, 6.45) is 2.11. The van der Waals surface area contributed by atoms with E-state index in [0.717, 1.165) is 16.4 Å². The highest BCUT2D eigenvalue weighted by Crippen LogP contribution is 2.19. The number of amides is 1. The minimum atomic E-state index is -0.997. The fourth-order valence-corrected chi connectivity index (χ4v) is 2.49. The molecule has 1 atom stereocenters. The minimum absolute atomic E-state index is 0.367. The summed E-state index contributed by atoms with van der Waals surface area (Å²) in [7, 11) is 0. The summed E-state index contributed by atoms with van der Waals surface area (Å²) in [4.78, 5) is 23.2. The molecule has 0 aliphatic heterocycles. The molecule has 0 spiro atoms. The zero-order valence-corrected chi connectivity index (χ0v) is 14.2. The molecule has 0 saturated heterocycles. The topological polar surface area (TPSA) is 66.4 Å². The number of benzene rings is 1. The first-order chi connectivity index (χ1) is 8.95. The van der Waals surface area contributed by atoms with Crippen molar-refractivity contribution in [2.45, 2.75) is 32.2 Å². The molecular formula is C13H15BrINO3. The molecule has 1 unspecified atom stereocenters. The minimum Gasteiger partial charge on any atom is -0.480 e. The van der Waals surface area contributed by atoms with Crippen molar-refractivity contribution >= 4 is 50.4 Å². The van der Waals surface area contributed by atoms with Crippen LogP contribution in [0.2, 0.25) is 0 Å². The average Bonchev–Trinajstić information content (AvgIpc) is 2.36. The van der Waals surface area contributed by atoms with E-state index in [-0.39, 0.29) is 5.91 Å². The lowest BCUT2D eigenvalue weighted by molar-refractivity contribution is -0.139. The maximum atomic E-state index is 12.1. The predicted molar refractivity (Wildman–Crippen MR) is 85.3 cm³/mol. The second kappa shape index (κ2) is 7.84. The molecule has 104 valence electrons. The highest BCUT2D eigenvalue weighted by molar-refractivity contribution is 14.1. The van der Waals surface area contributed by atoms with E-state index in [2.05, 4.69) is 43.8 Å². The monoisotopic (exact) mass is 439 g/mol. The summed E-state index contributed by atoms with van der Waals surface area (Å²) < 4.78 is 1.58. The number of halogens is 2. The molecule has 19 heavy (non-hydrogen) atoms. The number of carbonyl (C=O) groups is 2. The molecule has 1 amide bonds. The molecule has 0 aliphatic rings. The summed E-state index contributed by atoms with van der Waals surface area (Å²) in [5.74, 6) is -1.36. The Morgan fingerprint density at radius 3 is 2.74 bits per heavy atom. The number of rotatable bonds is 6. The molecule has 4 nitrogen and oxygen atoms in total. The molecule has 1 aromatic carbocycles. The summed E-state index contributed by atoms with van der Waals surface area (Å²) in [5.41, 5.74) is 0.453. The van der Waals surface area contributed by atoms with Crippen molar-refractivity contribution in [3.8, 4) is 0 Å². The highest BCUT2D eigenvalue weighted by Gasteiger charge is 2.21. The van der Waals surface area contributed by atoms with Gasteiger partial charge in [0.2, 0.25) is 0 Å². The molecule has 1 aromatic rings. The molecular weight excluding hydrogens is 425 g/mol. The van der Waals surface area contributed by atoms with Gasteiger partial charge < -0.3 is 10.4 Å². The Morgan fingerprint density at radius 1 is 1.47 bits per heavy atom. The molecule has 0 bridgehead atoms. The maximum absolute atomic E-state index is 12.1. The lowest BCUT2D eigenvalue weighted by Crippen LogP contribution is -2.40. The Bertz CT molecular complexity index is 479. The van der Waals surface area contributed by atoms with Gasteiger partial charge in [-0.2, -0.15) is 0 Å². The van der Waals surface area contributed by atoms with Gasteiger partial charge >= 0.3 is 5.97 Å². The predicted octanol–water partition coefficient (Wildman–Crippen LogP) is 3.43. The van der Waals surface area contributed by atoms with Gasteiger partial charge in [-0.05, 0) is 63.1 Å². The quantitative estimate of drug-likeness (QED) is 0.667. The number of unbranched alkanes of at least 4 members (excludes halogenated alkanes) is 1. The fourth-order valence-electron chi connectivity index (χ4n) is 1.57. The first-order valence-corrected chi connectivity index (χ1v) is 7.81. The summed E-state index contributed by atoms with van der Waals surface area (Å²) in [6, 6.07) is 4.53. The van der Waals surface area contributed by atoms with Crippen LogP contribution in [0.3, 0.4) is 0 Å². The Kier molecular flexibility index (Phi) is 6.78. The van der Waals surface area contributed by atoms with Gasteiger partial charge in [0, 0.05) is 8.04 Å². The smallest absolute Gasteiger partial charge is 0.326 e. The molecule has 0 radical (unpaired) electrons. The summed E-state index contributed by atoms with van der Waals surface area (Å²) >= 11 is 5.41. The number of carboxylic acids is 1. The van der Waals surface area contributed by atoms with E-state index < -0.39 is 12.0 Å². The number of hydrogen-bond donors (Lipinski definition) is 2. The van der Waals surface area contributed by atoms with Crippen LogP contribution in [0, 0.1) is 3.57 Å². The lowest BCUT2D eigenvalue weighted by atomic mass is 10.1.